The normalized spacial score (nSPS) is 10.8. The monoisotopic (exact) mass is 509 g/mol. The maximum Gasteiger partial charge on any atom is 0.258 e. The van der Waals surface area contributed by atoms with Crippen LogP contribution >= 0.6 is 58.6 Å². The van der Waals surface area contributed by atoms with Crippen LogP contribution in [0.1, 0.15) is 10.4 Å². The van der Waals surface area contributed by atoms with Crippen molar-refractivity contribution in [2.24, 2.45) is 0 Å². The van der Waals surface area contributed by atoms with Crippen LogP contribution in [-0.2, 0) is 0 Å². The zero-order valence-corrected chi connectivity index (χ0v) is 19.2. The number of hydrogen-bond acceptors (Lipinski definition) is 4. The summed E-state index contributed by atoms with van der Waals surface area (Å²) in [6, 6.07) is 15.0. The second-order valence-electron chi connectivity index (χ2n) is 6.34. The number of carbonyl (C=O) groups excluding carboxylic acids is 1. The molecule has 1 heterocycles. The van der Waals surface area contributed by atoms with Crippen LogP contribution in [0.2, 0.25) is 20.1 Å². The molecule has 1 aromatic heterocycles. The first-order valence-corrected chi connectivity index (χ1v) is 10.7. The van der Waals surface area contributed by atoms with Crippen molar-refractivity contribution in [3.8, 4) is 11.5 Å². The molecule has 156 valence electrons. The first-order valence-electron chi connectivity index (χ1n) is 8.74. The Morgan fingerprint density at radius 2 is 1.77 bits per heavy atom. The van der Waals surface area contributed by atoms with Gasteiger partial charge in [0, 0.05) is 10.7 Å². The van der Waals surface area contributed by atoms with Crippen molar-refractivity contribution in [3.05, 3.63) is 80.3 Å². The van der Waals surface area contributed by atoms with Crippen LogP contribution in [0.5, 0.6) is 0 Å². The maximum atomic E-state index is 12.4. The van der Waals surface area contributed by atoms with E-state index in [1.165, 1.54) is 0 Å². The van der Waals surface area contributed by atoms with Crippen LogP contribution in [-0.4, -0.2) is 16.0 Å². The number of anilines is 1. The van der Waals surface area contributed by atoms with E-state index in [0.717, 1.165) is 0 Å². The molecule has 0 bridgehead atoms. The Balaban J connectivity index is 1.52. The van der Waals surface area contributed by atoms with Gasteiger partial charge in [0.15, 0.2) is 10.7 Å². The van der Waals surface area contributed by atoms with Crippen molar-refractivity contribution in [3.63, 3.8) is 0 Å². The van der Waals surface area contributed by atoms with E-state index in [1.54, 1.807) is 54.6 Å². The average molecular weight is 511 g/mol. The molecule has 0 fully saturated rings. The number of amides is 1. The minimum absolute atomic E-state index is 0.0852. The Labute approximate surface area is 202 Å². The third kappa shape index (κ3) is 4.79. The molecule has 0 aliphatic rings. The standard InChI is InChI=1S/C21H11Cl4N3O2S/c22-10-4-6-14(23)13(8-10)20-27-16-9-11(5-7-17(16)30-20)26-21(31)28-19(29)12-2-1-3-15(24)18(12)25/h1-9H,(H2,26,28,29,31). The number of fused-ring (bicyclic) bond motifs is 1. The van der Waals surface area contributed by atoms with E-state index >= 15 is 0 Å². The van der Waals surface area contributed by atoms with Crippen molar-refractivity contribution in [2.45, 2.75) is 0 Å². The third-order valence-corrected chi connectivity index (χ3v) is 5.82. The summed E-state index contributed by atoms with van der Waals surface area (Å²) in [7, 11) is 0. The van der Waals surface area contributed by atoms with Crippen LogP contribution in [0.15, 0.2) is 59.0 Å². The second-order valence-corrected chi connectivity index (χ2v) is 8.37. The Kier molecular flexibility index (Phi) is 6.36. The summed E-state index contributed by atoms with van der Waals surface area (Å²) in [6.07, 6.45) is 0. The van der Waals surface area contributed by atoms with E-state index in [9.17, 15) is 4.79 Å². The number of halogens is 4. The number of thiocarbonyl (C=S) groups is 1. The molecule has 0 saturated carbocycles. The predicted octanol–water partition coefficient (Wildman–Crippen LogP) is 7.24. The summed E-state index contributed by atoms with van der Waals surface area (Å²) in [6.45, 7) is 0. The third-order valence-electron chi connectivity index (χ3n) is 4.23. The van der Waals surface area contributed by atoms with Crippen LogP contribution in [0.3, 0.4) is 0 Å². The number of aromatic nitrogens is 1. The summed E-state index contributed by atoms with van der Waals surface area (Å²) in [5.74, 6) is -0.142. The molecule has 3 aromatic carbocycles. The molecular formula is C21H11Cl4N3O2S. The Hall–Kier alpha value is -2.35. The van der Waals surface area contributed by atoms with E-state index < -0.39 is 5.91 Å². The van der Waals surface area contributed by atoms with Gasteiger partial charge in [0.2, 0.25) is 5.89 Å². The summed E-state index contributed by atoms with van der Waals surface area (Å²) < 4.78 is 5.78. The molecule has 0 spiro atoms. The maximum absolute atomic E-state index is 12.4. The molecule has 0 radical (unpaired) electrons. The highest BCUT2D eigenvalue weighted by Crippen LogP contribution is 2.33. The Morgan fingerprint density at radius 1 is 0.968 bits per heavy atom. The number of nitrogens with zero attached hydrogens (tertiary/aromatic N) is 1. The highest BCUT2D eigenvalue weighted by molar-refractivity contribution is 7.80. The molecule has 0 aliphatic carbocycles. The number of carbonyl (C=O) groups is 1. The van der Waals surface area contributed by atoms with Gasteiger partial charge in [-0.05, 0) is 60.7 Å². The molecule has 31 heavy (non-hydrogen) atoms. The molecule has 0 atom stereocenters. The van der Waals surface area contributed by atoms with E-state index in [1.807, 2.05) is 0 Å². The fourth-order valence-electron chi connectivity index (χ4n) is 2.79. The van der Waals surface area contributed by atoms with Crippen molar-refractivity contribution < 1.29 is 9.21 Å². The van der Waals surface area contributed by atoms with Gasteiger partial charge in [-0.3, -0.25) is 10.1 Å². The predicted molar refractivity (Wildman–Crippen MR) is 130 cm³/mol. The highest BCUT2D eigenvalue weighted by atomic mass is 35.5. The lowest BCUT2D eigenvalue weighted by Gasteiger charge is -2.10. The topological polar surface area (TPSA) is 67.2 Å². The average Bonchev–Trinajstić information content (AvgIpc) is 3.14. The Morgan fingerprint density at radius 3 is 2.58 bits per heavy atom. The van der Waals surface area contributed by atoms with Gasteiger partial charge in [-0.1, -0.05) is 52.5 Å². The number of benzene rings is 3. The molecule has 2 N–H and O–H groups in total. The largest absolute Gasteiger partial charge is 0.436 e. The number of nitrogens with one attached hydrogen (secondary N) is 2. The quantitative estimate of drug-likeness (QED) is 0.284. The van der Waals surface area contributed by atoms with Crippen LogP contribution in [0.4, 0.5) is 5.69 Å². The highest BCUT2D eigenvalue weighted by Gasteiger charge is 2.15. The van der Waals surface area contributed by atoms with E-state index in [2.05, 4.69) is 15.6 Å². The minimum Gasteiger partial charge on any atom is -0.436 e. The molecule has 0 aliphatic heterocycles. The summed E-state index contributed by atoms with van der Waals surface area (Å²) >= 11 is 29.5. The number of hydrogen-bond donors (Lipinski definition) is 2. The fourth-order valence-corrected chi connectivity index (χ4v) is 3.76. The molecule has 4 aromatic rings. The van der Waals surface area contributed by atoms with Crippen LogP contribution < -0.4 is 10.6 Å². The van der Waals surface area contributed by atoms with Crippen molar-refractivity contribution in [1.82, 2.24) is 10.3 Å². The van der Waals surface area contributed by atoms with Gasteiger partial charge in [-0.25, -0.2) is 4.98 Å². The fraction of sp³-hybridized carbons (Fsp3) is 0. The van der Waals surface area contributed by atoms with Gasteiger partial charge in [0.05, 0.1) is 26.2 Å². The molecule has 1 amide bonds. The van der Waals surface area contributed by atoms with Crippen molar-refractivity contribution in [2.75, 3.05) is 5.32 Å². The van der Waals surface area contributed by atoms with Gasteiger partial charge in [0.25, 0.3) is 5.91 Å². The summed E-state index contributed by atoms with van der Waals surface area (Å²) in [5.41, 5.74) is 2.53. The lowest BCUT2D eigenvalue weighted by atomic mass is 10.2. The SMILES string of the molecule is O=C(NC(=S)Nc1ccc2oc(-c3cc(Cl)ccc3Cl)nc2c1)c1cccc(Cl)c1Cl. The van der Waals surface area contributed by atoms with E-state index in [4.69, 9.17) is 63.0 Å². The van der Waals surface area contributed by atoms with Gasteiger partial charge >= 0.3 is 0 Å². The first kappa shape index (κ1) is 21.9. The van der Waals surface area contributed by atoms with Gasteiger partial charge in [-0.2, -0.15) is 0 Å². The number of rotatable bonds is 3. The van der Waals surface area contributed by atoms with Gasteiger partial charge < -0.3 is 9.73 Å². The lowest BCUT2D eigenvalue weighted by Crippen LogP contribution is -2.34. The molecule has 0 saturated heterocycles. The van der Waals surface area contributed by atoms with Crippen molar-refractivity contribution >= 4 is 86.4 Å². The molecule has 5 nitrogen and oxygen atoms in total. The van der Waals surface area contributed by atoms with Gasteiger partial charge in [0.1, 0.15) is 5.52 Å². The van der Waals surface area contributed by atoms with E-state index in [-0.39, 0.29) is 20.7 Å². The summed E-state index contributed by atoms with van der Waals surface area (Å²) in [5, 5.41) is 7.01. The Bertz CT molecular complexity index is 1340. The molecular weight excluding hydrogens is 500 g/mol. The molecule has 0 unspecified atom stereocenters. The zero-order chi connectivity index (χ0) is 22.1. The van der Waals surface area contributed by atoms with Crippen molar-refractivity contribution in [1.29, 1.82) is 0 Å². The van der Waals surface area contributed by atoms with Crippen LogP contribution in [0.25, 0.3) is 22.6 Å². The lowest BCUT2D eigenvalue weighted by molar-refractivity contribution is 0.0978. The van der Waals surface area contributed by atoms with Crippen LogP contribution in [0, 0.1) is 0 Å². The molecule has 10 heteroatoms. The first-order chi connectivity index (χ1) is 14.8. The number of oxazole rings is 1. The van der Waals surface area contributed by atoms with Gasteiger partial charge in [-0.15, -0.1) is 0 Å². The minimum atomic E-state index is -0.481. The smallest absolute Gasteiger partial charge is 0.258 e. The molecule has 4 rings (SSSR count). The summed E-state index contributed by atoms with van der Waals surface area (Å²) in [4.78, 5) is 16.9. The van der Waals surface area contributed by atoms with E-state index in [0.29, 0.717) is 38.3 Å². The zero-order valence-electron chi connectivity index (χ0n) is 15.4. The second kappa shape index (κ2) is 9.02.